The van der Waals surface area contributed by atoms with E-state index < -0.39 is 83.1 Å². The number of carbonyl (C=O) groups excluding carboxylic acids is 5. The van der Waals surface area contributed by atoms with Gasteiger partial charge in [-0.25, -0.2) is 0 Å². The lowest BCUT2D eigenvalue weighted by atomic mass is 9.95. The highest BCUT2D eigenvalue weighted by Crippen LogP contribution is 2.42. The van der Waals surface area contributed by atoms with Gasteiger partial charge in [-0.05, 0) is 0 Å². The van der Waals surface area contributed by atoms with Crippen LogP contribution in [0.3, 0.4) is 0 Å². The molecule has 0 saturated carbocycles. The number of benzene rings is 1. The van der Waals surface area contributed by atoms with E-state index >= 15 is 0 Å². The normalized spacial score (nSPS) is 22.2. The predicted octanol–water partition coefficient (Wildman–Crippen LogP) is 1.88. The molecule has 0 unspecified atom stereocenters. The molecule has 1 aromatic carbocycles. The standard InChI is InChI=1S/C23H27Cl4N3O10/c1-8(31)37-7-11-19(38-9(2)32)20(39-10(3)33)18(23(36-4)40-11)30-22(35)13-12(21(34)29-6-5-28)14(24)16(26)17(27)15(13)25/h11,18-20,23H,5-7,28H2,1-4H3,(H,29,34)(H,30,35)/t11-,18-,19-,20-,23-/m1/s1. The maximum atomic E-state index is 13.7. The summed E-state index contributed by atoms with van der Waals surface area (Å²) in [6, 6.07) is -1.37. The van der Waals surface area contributed by atoms with Gasteiger partial charge in [0.15, 0.2) is 18.5 Å². The number of halogens is 4. The maximum Gasteiger partial charge on any atom is 0.303 e. The fourth-order valence-electron chi connectivity index (χ4n) is 3.81. The highest BCUT2D eigenvalue weighted by Gasteiger charge is 2.51. The predicted molar refractivity (Wildman–Crippen MR) is 143 cm³/mol. The van der Waals surface area contributed by atoms with Crippen LogP contribution >= 0.6 is 46.4 Å². The largest absolute Gasteiger partial charge is 0.463 e. The number of amides is 2. The van der Waals surface area contributed by atoms with Crippen molar-refractivity contribution >= 4 is 76.1 Å². The summed E-state index contributed by atoms with van der Waals surface area (Å²) in [6.45, 7) is 3.01. The third kappa shape index (κ3) is 8.09. The van der Waals surface area contributed by atoms with Crippen molar-refractivity contribution in [2.24, 2.45) is 5.73 Å². The van der Waals surface area contributed by atoms with Crippen molar-refractivity contribution in [2.75, 3.05) is 26.8 Å². The zero-order valence-electron chi connectivity index (χ0n) is 21.7. The van der Waals surface area contributed by atoms with Crippen molar-refractivity contribution in [1.82, 2.24) is 10.6 Å². The van der Waals surface area contributed by atoms with E-state index in [-0.39, 0.29) is 28.2 Å². The van der Waals surface area contributed by atoms with E-state index in [1.54, 1.807) is 0 Å². The van der Waals surface area contributed by atoms with Crippen molar-refractivity contribution < 1.29 is 47.7 Å². The monoisotopic (exact) mass is 645 g/mol. The summed E-state index contributed by atoms with van der Waals surface area (Å²) in [7, 11) is 1.22. The Balaban J connectivity index is 2.61. The molecule has 4 N–H and O–H groups in total. The summed E-state index contributed by atoms with van der Waals surface area (Å²) < 4.78 is 26.9. The fourth-order valence-corrected chi connectivity index (χ4v) is 4.84. The van der Waals surface area contributed by atoms with Crippen LogP contribution in [-0.2, 0) is 38.1 Å². The molecule has 0 aliphatic carbocycles. The highest BCUT2D eigenvalue weighted by atomic mass is 35.5. The topological polar surface area (TPSA) is 182 Å². The van der Waals surface area contributed by atoms with Crippen molar-refractivity contribution in [2.45, 2.75) is 51.4 Å². The minimum atomic E-state index is -1.43. The SMILES string of the molecule is CO[C@@H]1O[C@H](COC(C)=O)[C@@H](OC(C)=O)[C@H](OC(C)=O)[C@H]1NC(=O)c1c(Cl)c(Cl)c(Cl)c(Cl)c1C(=O)NCCN. The summed E-state index contributed by atoms with van der Waals surface area (Å²) in [5.41, 5.74) is 4.56. The number of nitrogens with one attached hydrogen (secondary N) is 2. The van der Waals surface area contributed by atoms with Crippen LogP contribution in [0.2, 0.25) is 20.1 Å². The van der Waals surface area contributed by atoms with Crippen molar-refractivity contribution in [3.05, 3.63) is 31.2 Å². The van der Waals surface area contributed by atoms with E-state index in [1.165, 1.54) is 7.11 Å². The number of esters is 3. The van der Waals surface area contributed by atoms with E-state index in [1.807, 2.05) is 0 Å². The molecular formula is C23H27Cl4N3O10. The van der Waals surface area contributed by atoms with Gasteiger partial charge in [-0.1, -0.05) is 46.4 Å². The second-order valence-corrected chi connectivity index (χ2v) is 9.79. The molecule has 222 valence electrons. The summed E-state index contributed by atoms with van der Waals surface area (Å²) >= 11 is 24.9. The number of carbonyl (C=O) groups is 5. The number of methoxy groups -OCH3 is 1. The third-order valence-electron chi connectivity index (χ3n) is 5.38. The van der Waals surface area contributed by atoms with Crippen LogP contribution in [-0.4, -0.2) is 87.2 Å². The van der Waals surface area contributed by atoms with Gasteiger partial charge < -0.3 is 40.1 Å². The first-order valence-corrected chi connectivity index (χ1v) is 13.1. The quantitative estimate of drug-likeness (QED) is 0.146. The molecule has 0 bridgehead atoms. The Morgan fingerprint density at radius 1 is 0.825 bits per heavy atom. The van der Waals surface area contributed by atoms with Gasteiger partial charge >= 0.3 is 17.9 Å². The first kappa shape index (κ1) is 33.8. The van der Waals surface area contributed by atoms with Gasteiger partial charge in [0.2, 0.25) is 0 Å². The zero-order valence-corrected chi connectivity index (χ0v) is 24.7. The molecule has 1 fully saturated rings. The summed E-state index contributed by atoms with van der Waals surface area (Å²) in [5, 5.41) is 3.63. The molecule has 40 heavy (non-hydrogen) atoms. The molecule has 0 radical (unpaired) electrons. The van der Waals surface area contributed by atoms with Crippen molar-refractivity contribution in [3.8, 4) is 0 Å². The maximum absolute atomic E-state index is 13.7. The molecule has 17 heteroatoms. The summed E-state index contributed by atoms with van der Waals surface area (Å²) in [5.74, 6) is -4.14. The van der Waals surface area contributed by atoms with Gasteiger partial charge in [0.05, 0.1) is 31.2 Å². The molecule has 1 aliphatic heterocycles. The first-order chi connectivity index (χ1) is 18.7. The van der Waals surface area contributed by atoms with Crippen LogP contribution in [0.25, 0.3) is 0 Å². The van der Waals surface area contributed by atoms with Crippen LogP contribution < -0.4 is 16.4 Å². The lowest BCUT2D eigenvalue weighted by Crippen LogP contribution is -2.66. The fraction of sp³-hybridized carbons (Fsp3) is 0.522. The molecule has 0 aromatic heterocycles. The van der Waals surface area contributed by atoms with E-state index in [2.05, 4.69) is 10.6 Å². The molecule has 1 aliphatic rings. The van der Waals surface area contributed by atoms with Crippen LogP contribution in [0, 0.1) is 0 Å². The lowest BCUT2D eigenvalue weighted by molar-refractivity contribution is -0.270. The molecular weight excluding hydrogens is 620 g/mol. The Hall–Kier alpha value is -2.39. The third-order valence-corrected chi connectivity index (χ3v) is 7.18. The molecule has 0 spiro atoms. The molecule has 1 heterocycles. The number of nitrogens with two attached hydrogens (primary N) is 1. The lowest BCUT2D eigenvalue weighted by Gasteiger charge is -2.44. The molecule has 1 saturated heterocycles. The molecule has 5 atom stereocenters. The van der Waals surface area contributed by atoms with E-state index in [0.717, 1.165) is 20.8 Å². The van der Waals surface area contributed by atoms with E-state index in [9.17, 15) is 24.0 Å². The molecule has 2 amide bonds. The van der Waals surface area contributed by atoms with Gasteiger partial charge in [0, 0.05) is 41.0 Å². The Morgan fingerprint density at radius 2 is 1.35 bits per heavy atom. The number of hydrogen-bond donors (Lipinski definition) is 3. The van der Waals surface area contributed by atoms with Crippen molar-refractivity contribution in [3.63, 3.8) is 0 Å². The van der Waals surface area contributed by atoms with E-state index in [4.69, 9.17) is 75.8 Å². The number of hydrogen-bond acceptors (Lipinski definition) is 11. The van der Waals surface area contributed by atoms with Crippen LogP contribution in [0.1, 0.15) is 41.5 Å². The average molecular weight is 647 g/mol. The minimum Gasteiger partial charge on any atom is -0.463 e. The van der Waals surface area contributed by atoms with Gasteiger partial charge in [0.25, 0.3) is 11.8 Å². The van der Waals surface area contributed by atoms with Crippen LogP contribution in [0.15, 0.2) is 0 Å². The Kier molecular flexibility index (Phi) is 12.7. The zero-order chi connectivity index (χ0) is 30.3. The van der Waals surface area contributed by atoms with E-state index in [0.29, 0.717) is 0 Å². The smallest absolute Gasteiger partial charge is 0.303 e. The van der Waals surface area contributed by atoms with Crippen LogP contribution in [0.4, 0.5) is 0 Å². The second kappa shape index (κ2) is 15.0. The average Bonchev–Trinajstić information content (AvgIpc) is 2.88. The van der Waals surface area contributed by atoms with Gasteiger partial charge in [-0.3, -0.25) is 24.0 Å². The Morgan fingerprint density at radius 3 is 1.82 bits per heavy atom. The Labute approximate surface area is 249 Å². The summed E-state index contributed by atoms with van der Waals surface area (Å²) in [4.78, 5) is 62.0. The molecule has 13 nitrogen and oxygen atoms in total. The first-order valence-electron chi connectivity index (χ1n) is 11.6. The molecule has 1 aromatic rings. The van der Waals surface area contributed by atoms with Gasteiger partial charge in [-0.2, -0.15) is 0 Å². The summed E-state index contributed by atoms with van der Waals surface area (Å²) in [6.07, 6.45) is -5.34. The highest BCUT2D eigenvalue weighted by molar-refractivity contribution is 6.54. The number of ether oxygens (including phenoxy) is 5. The van der Waals surface area contributed by atoms with Gasteiger partial charge in [-0.15, -0.1) is 0 Å². The molecule has 2 rings (SSSR count). The Bertz CT molecular complexity index is 1170. The van der Waals surface area contributed by atoms with Gasteiger partial charge in [0.1, 0.15) is 18.8 Å². The van der Waals surface area contributed by atoms with Crippen LogP contribution in [0.5, 0.6) is 0 Å². The number of rotatable bonds is 10. The minimum absolute atomic E-state index is 0.0264. The second-order valence-electron chi connectivity index (χ2n) is 8.28. The van der Waals surface area contributed by atoms with Crippen molar-refractivity contribution in [1.29, 1.82) is 0 Å².